The highest BCUT2D eigenvalue weighted by Crippen LogP contribution is 2.27. The van der Waals surface area contributed by atoms with Crippen LogP contribution in [0.1, 0.15) is 17.5 Å². The summed E-state index contributed by atoms with van der Waals surface area (Å²) in [6.07, 6.45) is 5.81. The molecular weight excluding hydrogens is 258 g/mol. The van der Waals surface area contributed by atoms with Crippen molar-refractivity contribution in [1.82, 2.24) is 4.98 Å². The molecule has 98 valence electrons. The molecule has 4 heteroatoms. The molecule has 3 rings (SSSR count). The molecule has 0 spiro atoms. The summed E-state index contributed by atoms with van der Waals surface area (Å²) in [5.74, 6) is 0. The van der Waals surface area contributed by atoms with E-state index in [1.165, 1.54) is 23.2 Å². The quantitative estimate of drug-likeness (QED) is 0.895. The number of rotatable bonds is 3. The molecular formula is C15H16ClN3. The number of pyridine rings is 1. The summed E-state index contributed by atoms with van der Waals surface area (Å²) < 4.78 is 0. The van der Waals surface area contributed by atoms with E-state index in [1.807, 2.05) is 0 Å². The number of halogens is 1. The van der Waals surface area contributed by atoms with Crippen molar-refractivity contribution in [2.24, 2.45) is 0 Å². The molecule has 1 aliphatic heterocycles. The molecule has 0 saturated carbocycles. The minimum absolute atomic E-state index is 0.702. The van der Waals surface area contributed by atoms with Crippen LogP contribution in [0.15, 0.2) is 36.7 Å². The first-order valence-electron chi connectivity index (χ1n) is 6.52. The van der Waals surface area contributed by atoms with E-state index in [0.717, 1.165) is 25.2 Å². The van der Waals surface area contributed by atoms with Crippen molar-refractivity contribution >= 4 is 23.0 Å². The van der Waals surface area contributed by atoms with Gasteiger partial charge in [-0.25, -0.2) is 0 Å². The fraction of sp³-hybridized carbons (Fsp3) is 0.267. The van der Waals surface area contributed by atoms with Gasteiger partial charge in [0, 0.05) is 25.0 Å². The third-order valence-corrected chi connectivity index (χ3v) is 3.73. The van der Waals surface area contributed by atoms with Crippen molar-refractivity contribution < 1.29 is 0 Å². The van der Waals surface area contributed by atoms with Gasteiger partial charge >= 0.3 is 0 Å². The number of anilines is 2. The van der Waals surface area contributed by atoms with Crippen LogP contribution in [0.25, 0.3) is 0 Å². The van der Waals surface area contributed by atoms with E-state index in [0.29, 0.717) is 5.02 Å². The third kappa shape index (κ3) is 2.66. The van der Waals surface area contributed by atoms with Crippen LogP contribution in [0, 0.1) is 0 Å². The van der Waals surface area contributed by atoms with Crippen LogP contribution in [0.5, 0.6) is 0 Å². The van der Waals surface area contributed by atoms with Crippen LogP contribution >= 0.6 is 11.6 Å². The van der Waals surface area contributed by atoms with Crippen LogP contribution in [0.3, 0.4) is 0 Å². The fourth-order valence-electron chi connectivity index (χ4n) is 2.43. The predicted octanol–water partition coefficient (Wildman–Crippen LogP) is 3.71. The lowest BCUT2D eigenvalue weighted by Crippen LogP contribution is -2.15. The normalized spacial score (nSPS) is 13.5. The van der Waals surface area contributed by atoms with E-state index in [4.69, 9.17) is 11.6 Å². The van der Waals surface area contributed by atoms with E-state index >= 15 is 0 Å². The number of fused-ring (bicyclic) bond motifs is 1. The fourth-order valence-corrected chi connectivity index (χ4v) is 2.60. The largest absolute Gasteiger partial charge is 0.385 e. The molecule has 0 aliphatic carbocycles. The standard InChI is InChI=1S/C15H16ClN3/c16-13-6-8-17-10-14(13)19-9-12-4-1-3-11-5-2-7-18-15(11)12/h1,3-4,6,8,10,18-19H,2,5,7,9H2. The van der Waals surface area contributed by atoms with E-state index in [-0.39, 0.29) is 0 Å². The van der Waals surface area contributed by atoms with Gasteiger partial charge in [-0.2, -0.15) is 0 Å². The zero-order chi connectivity index (χ0) is 13.1. The monoisotopic (exact) mass is 273 g/mol. The Hall–Kier alpha value is -1.74. The van der Waals surface area contributed by atoms with Crippen molar-refractivity contribution in [2.75, 3.05) is 17.2 Å². The van der Waals surface area contributed by atoms with E-state index < -0.39 is 0 Å². The van der Waals surface area contributed by atoms with E-state index in [9.17, 15) is 0 Å². The maximum absolute atomic E-state index is 6.12. The lowest BCUT2D eigenvalue weighted by molar-refractivity contribution is 0.825. The molecule has 0 bridgehead atoms. The van der Waals surface area contributed by atoms with Crippen molar-refractivity contribution in [2.45, 2.75) is 19.4 Å². The summed E-state index contributed by atoms with van der Waals surface area (Å²) >= 11 is 6.12. The second-order valence-electron chi connectivity index (χ2n) is 4.69. The van der Waals surface area contributed by atoms with Crippen molar-refractivity contribution in [3.8, 4) is 0 Å². The number of aryl methyl sites for hydroxylation is 1. The van der Waals surface area contributed by atoms with Gasteiger partial charge in [-0.1, -0.05) is 29.8 Å². The van der Waals surface area contributed by atoms with Gasteiger partial charge in [0.15, 0.2) is 0 Å². The van der Waals surface area contributed by atoms with Crippen LogP contribution in [0.2, 0.25) is 5.02 Å². The molecule has 2 N–H and O–H groups in total. The molecule has 0 unspecified atom stereocenters. The topological polar surface area (TPSA) is 37.0 Å². The summed E-state index contributed by atoms with van der Waals surface area (Å²) in [5.41, 5.74) is 4.83. The van der Waals surface area contributed by atoms with E-state index in [2.05, 4.69) is 33.8 Å². The summed E-state index contributed by atoms with van der Waals surface area (Å²) in [5, 5.41) is 7.54. The van der Waals surface area contributed by atoms with Gasteiger partial charge in [-0.3, -0.25) is 4.98 Å². The number of nitrogens with zero attached hydrogens (tertiary/aromatic N) is 1. The van der Waals surface area contributed by atoms with Crippen molar-refractivity contribution in [1.29, 1.82) is 0 Å². The maximum Gasteiger partial charge on any atom is 0.0718 e. The molecule has 1 aromatic carbocycles. The van der Waals surface area contributed by atoms with Gasteiger partial charge in [0.1, 0.15) is 0 Å². The molecule has 0 fully saturated rings. The Morgan fingerprint density at radius 2 is 2.26 bits per heavy atom. The van der Waals surface area contributed by atoms with Gasteiger partial charge in [0.2, 0.25) is 0 Å². The Bertz CT molecular complexity index is 583. The maximum atomic E-state index is 6.12. The Morgan fingerprint density at radius 3 is 3.16 bits per heavy atom. The van der Waals surface area contributed by atoms with Crippen molar-refractivity contribution in [3.63, 3.8) is 0 Å². The Kier molecular flexibility index (Phi) is 3.56. The average molecular weight is 274 g/mol. The van der Waals surface area contributed by atoms with Crippen LogP contribution < -0.4 is 10.6 Å². The zero-order valence-electron chi connectivity index (χ0n) is 10.6. The second kappa shape index (κ2) is 5.49. The second-order valence-corrected chi connectivity index (χ2v) is 5.10. The molecule has 0 amide bonds. The highest BCUT2D eigenvalue weighted by molar-refractivity contribution is 6.33. The first kappa shape index (κ1) is 12.3. The molecule has 19 heavy (non-hydrogen) atoms. The minimum Gasteiger partial charge on any atom is -0.385 e. The highest BCUT2D eigenvalue weighted by atomic mass is 35.5. The number of hydrogen-bond acceptors (Lipinski definition) is 3. The van der Waals surface area contributed by atoms with Gasteiger partial charge < -0.3 is 10.6 Å². The highest BCUT2D eigenvalue weighted by Gasteiger charge is 2.12. The summed E-state index contributed by atoms with van der Waals surface area (Å²) in [6, 6.07) is 8.26. The SMILES string of the molecule is Clc1ccncc1NCc1cccc2c1NCCC2. The number of hydrogen-bond donors (Lipinski definition) is 2. The molecule has 1 aromatic heterocycles. The van der Waals surface area contributed by atoms with E-state index in [1.54, 1.807) is 18.5 Å². The summed E-state index contributed by atoms with van der Waals surface area (Å²) in [4.78, 5) is 4.08. The zero-order valence-corrected chi connectivity index (χ0v) is 11.4. The Balaban J connectivity index is 1.79. The van der Waals surface area contributed by atoms with Gasteiger partial charge in [0.05, 0.1) is 16.9 Å². The molecule has 3 nitrogen and oxygen atoms in total. The van der Waals surface area contributed by atoms with Gasteiger partial charge in [0.25, 0.3) is 0 Å². The Labute approximate surface area is 118 Å². The van der Waals surface area contributed by atoms with Gasteiger partial charge in [-0.15, -0.1) is 0 Å². The lowest BCUT2D eigenvalue weighted by Gasteiger charge is -2.21. The number of aromatic nitrogens is 1. The smallest absolute Gasteiger partial charge is 0.0718 e. The van der Waals surface area contributed by atoms with Crippen LogP contribution in [0.4, 0.5) is 11.4 Å². The molecule has 0 saturated heterocycles. The molecule has 2 aromatic rings. The minimum atomic E-state index is 0.702. The van der Waals surface area contributed by atoms with Crippen molar-refractivity contribution in [3.05, 3.63) is 52.8 Å². The van der Waals surface area contributed by atoms with Gasteiger partial charge in [-0.05, 0) is 30.0 Å². The average Bonchev–Trinajstić information content (AvgIpc) is 2.46. The van der Waals surface area contributed by atoms with Crippen LogP contribution in [-0.4, -0.2) is 11.5 Å². The number of benzene rings is 1. The molecule has 0 radical (unpaired) electrons. The first-order valence-corrected chi connectivity index (χ1v) is 6.90. The number of para-hydroxylation sites is 1. The Morgan fingerprint density at radius 1 is 1.32 bits per heavy atom. The molecule has 1 aliphatic rings. The molecule has 2 heterocycles. The molecule has 0 atom stereocenters. The summed E-state index contributed by atoms with van der Waals surface area (Å²) in [6.45, 7) is 1.80. The number of nitrogens with one attached hydrogen (secondary N) is 2. The third-order valence-electron chi connectivity index (χ3n) is 3.40. The first-order chi connectivity index (χ1) is 9.34. The van der Waals surface area contributed by atoms with Crippen LogP contribution in [-0.2, 0) is 13.0 Å². The lowest BCUT2D eigenvalue weighted by atomic mass is 9.99. The summed E-state index contributed by atoms with van der Waals surface area (Å²) in [7, 11) is 0. The predicted molar refractivity (Wildman–Crippen MR) is 79.8 cm³/mol.